The second kappa shape index (κ2) is 7.29. The number of nitrogens with one attached hydrogen (secondary N) is 1. The first-order valence-electron chi connectivity index (χ1n) is 6.84. The topological polar surface area (TPSA) is 39.1 Å². The Hall–Kier alpha value is -1.04. The summed E-state index contributed by atoms with van der Waals surface area (Å²) in [6.45, 7) is 2.97. The van der Waals surface area contributed by atoms with Crippen molar-refractivity contribution < 1.29 is 4.74 Å². The number of halogens is 2. The lowest BCUT2D eigenvalue weighted by Crippen LogP contribution is -2.22. The molecule has 0 bridgehead atoms. The molecule has 0 aliphatic heterocycles. The highest BCUT2D eigenvalue weighted by Gasteiger charge is 2.21. The van der Waals surface area contributed by atoms with Crippen LogP contribution >= 0.6 is 27.5 Å². The van der Waals surface area contributed by atoms with E-state index in [2.05, 4.69) is 33.3 Å². The van der Waals surface area contributed by atoms with Crippen LogP contribution in [-0.2, 0) is 6.54 Å². The van der Waals surface area contributed by atoms with E-state index < -0.39 is 0 Å². The van der Waals surface area contributed by atoms with Gasteiger partial charge < -0.3 is 10.1 Å². The summed E-state index contributed by atoms with van der Waals surface area (Å²) < 4.78 is 8.16. The molecular weight excluding hydrogens is 354 g/mol. The lowest BCUT2D eigenvalue weighted by atomic mass is 10.0. The molecule has 1 heterocycles. The lowest BCUT2D eigenvalue weighted by Gasteiger charge is -2.20. The van der Waals surface area contributed by atoms with Crippen LogP contribution in [0.4, 0.5) is 0 Å². The van der Waals surface area contributed by atoms with E-state index in [1.807, 2.05) is 29.9 Å². The summed E-state index contributed by atoms with van der Waals surface area (Å²) in [7, 11) is 3.57. The smallest absolute Gasteiger partial charge is 0.133 e. The van der Waals surface area contributed by atoms with E-state index in [1.165, 1.54) is 0 Å². The Labute approximate surface area is 138 Å². The molecule has 0 saturated heterocycles. The first-order chi connectivity index (χ1) is 10.1. The Kier molecular flexibility index (Phi) is 5.67. The van der Waals surface area contributed by atoms with Crippen LogP contribution in [0.1, 0.15) is 30.6 Å². The predicted octanol–water partition coefficient (Wildman–Crippen LogP) is 4.03. The van der Waals surface area contributed by atoms with Gasteiger partial charge in [-0.25, -0.2) is 0 Å². The van der Waals surface area contributed by atoms with Gasteiger partial charge in [-0.05, 0) is 47.1 Å². The Morgan fingerprint density at radius 2 is 2.24 bits per heavy atom. The molecule has 0 saturated carbocycles. The average molecular weight is 373 g/mol. The van der Waals surface area contributed by atoms with Crippen LogP contribution in [0.2, 0.25) is 5.02 Å². The number of ether oxygens (including phenoxy) is 1. The van der Waals surface area contributed by atoms with Gasteiger partial charge in [0.15, 0.2) is 0 Å². The molecule has 4 nitrogen and oxygen atoms in total. The maximum Gasteiger partial charge on any atom is 0.133 e. The molecule has 2 rings (SSSR count). The van der Waals surface area contributed by atoms with Gasteiger partial charge in [-0.3, -0.25) is 4.68 Å². The third kappa shape index (κ3) is 3.42. The number of hydrogen-bond donors (Lipinski definition) is 1. The van der Waals surface area contributed by atoms with Crippen molar-refractivity contribution in [2.24, 2.45) is 0 Å². The fourth-order valence-corrected chi connectivity index (χ4v) is 3.18. The van der Waals surface area contributed by atoms with Crippen LogP contribution < -0.4 is 10.1 Å². The van der Waals surface area contributed by atoms with Crippen molar-refractivity contribution in [2.45, 2.75) is 25.9 Å². The highest BCUT2D eigenvalue weighted by molar-refractivity contribution is 9.10. The van der Waals surface area contributed by atoms with Crippen LogP contribution in [0.15, 0.2) is 28.9 Å². The average Bonchev–Trinajstić information content (AvgIpc) is 2.82. The Balaban J connectivity index is 2.44. The van der Waals surface area contributed by atoms with Gasteiger partial charge in [-0.2, -0.15) is 5.10 Å². The van der Waals surface area contributed by atoms with Gasteiger partial charge in [0.2, 0.25) is 0 Å². The zero-order valence-corrected chi connectivity index (χ0v) is 14.7. The molecule has 0 radical (unpaired) electrons. The highest BCUT2D eigenvalue weighted by atomic mass is 79.9. The third-order valence-corrected chi connectivity index (χ3v) is 4.25. The fourth-order valence-electron chi connectivity index (χ4n) is 2.37. The van der Waals surface area contributed by atoms with Gasteiger partial charge in [-0.1, -0.05) is 24.6 Å². The van der Waals surface area contributed by atoms with E-state index in [1.54, 1.807) is 13.3 Å². The summed E-state index contributed by atoms with van der Waals surface area (Å²) in [5.74, 6) is 0.807. The number of aromatic nitrogens is 2. The zero-order valence-electron chi connectivity index (χ0n) is 12.4. The molecule has 1 atom stereocenters. The van der Waals surface area contributed by atoms with Crippen LogP contribution in [0.5, 0.6) is 5.75 Å². The molecule has 2 aromatic rings. The number of benzene rings is 1. The summed E-state index contributed by atoms with van der Waals surface area (Å²) >= 11 is 9.87. The minimum atomic E-state index is -0.0197. The van der Waals surface area contributed by atoms with Gasteiger partial charge >= 0.3 is 0 Å². The van der Waals surface area contributed by atoms with Gasteiger partial charge in [0.05, 0.1) is 34.5 Å². The number of hydrogen-bond acceptors (Lipinski definition) is 3. The Morgan fingerprint density at radius 1 is 1.48 bits per heavy atom. The van der Waals surface area contributed by atoms with Crippen LogP contribution in [0.3, 0.4) is 0 Å². The van der Waals surface area contributed by atoms with Crippen molar-refractivity contribution in [2.75, 3.05) is 14.2 Å². The molecule has 0 spiro atoms. The maximum atomic E-state index is 6.34. The largest absolute Gasteiger partial charge is 0.496 e. The van der Waals surface area contributed by atoms with Gasteiger partial charge in [-0.15, -0.1) is 0 Å². The quantitative estimate of drug-likeness (QED) is 0.832. The third-order valence-electron chi connectivity index (χ3n) is 3.34. The molecule has 6 heteroatoms. The van der Waals surface area contributed by atoms with E-state index in [4.69, 9.17) is 16.3 Å². The van der Waals surface area contributed by atoms with Crippen LogP contribution in [0, 0.1) is 0 Å². The molecule has 0 fully saturated rings. The summed E-state index contributed by atoms with van der Waals surface area (Å²) in [5, 5.41) is 8.36. The zero-order chi connectivity index (χ0) is 15.4. The van der Waals surface area contributed by atoms with Crippen molar-refractivity contribution in [1.29, 1.82) is 0 Å². The lowest BCUT2D eigenvalue weighted by molar-refractivity contribution is 0.411. The predicted molar refractivity (Wildman–Crippen MR) is 89.1 cm³/mol. The molecule has 1 aromatic heterocycles. The van der Waals surface area contributed by atoms with Crippen molar-refractivity contribution in [3.8, 4) is 5.75 Å². The van der Waals surface area contributed by atoms with Crippen LogP contribution in [0.25, 0.3) is 0 Å². The summed E-state index contributed by atoms with van der Waals surface area (Å²) in [4.78, 5) is 0. The molecule has 21 heavy (non-hydrogen) atoms. The van der Waals surface area contributed by atoms with Crippen molar-refractivity contribution >= 4 is 27.5 Å². The Morgan fingerprint density at radius 3 is 2.81 bits per heavy atom. The van der Waals surface area contributed by atoms with Gasteiger partial charge in [0, 0.05) is 6.54 Å². The SMILES string of the molecule is CCCn1ncc(Cl)c1C(NC)c1ccc(OC)c(Br)c1. The second-order valence-corrected chi connectivity index (χ2v) is 5.98. The second-order valence-electron chi connectivity index (χ2n) is 4.72. The molecule has 1 unspecified atom stereocenters. The van der Waals surface area contributed by atoms with E-state index in [-0.39, 0.29) is 6.04 Å². The minimum absolute atomic E-state index is 0.0197. The number of methoxy groups -OCH3 is 1. The van der Waals surface area contributed by atoms with E-state index in [0.29, 0.717) is 5.02 Å². The molecule has 0 aliphatic carbocycles. The number of nitrogens with zero attached hydrogens (tertiary/aromatic N) is 2. The standard InChI is InChI=1S/C15H19BrClN3O/c1-4-7-20-15(12(17)9-19-20)14(18-2)10-5-6-13(21-3)11(16)8-10/h5-6,8-9,14,18H,4,7H2,1-3H3. The minimum Gasteiger partial charge on any atom is -0.496 e. The van der Waals surface area contributed by atoms with E-state index >= 15 is 0 Å². The summed E-state index contributed by atoms with van der Waals surface area (Å²) in [5.41, 5.74) is 2.09. The van der Waals surface area contributed by atoms with Crippen LogP contribution in [-0.4, -0.2) is 23.9 Å². The van der Waals surface area contributed by atoms with Crippen molar-refractivity contribution in [1.82, 2.24) is 15.1 Å². The fraction of sp³-hybridized carbons (Fsp3) is 0.400. The summed E-state index contributed by atoms with van der Waals surface area (Å²) in [6.07, 6.45) is 2.71. The molecular formula is C15H19BrClN3O. The molecule has 0 aliphatic rings. The van der Waals surface area contributed by atoms with E-state index in [0.717, 1.165) is 34.4 Å². The first-order valence-corrected chi connectivity index (χ1v) is 8.01. The first kappa shape index (κ1) is 16.3. The van der Waals surface area contributed by atoms with Gasteiger partial charge in [0.25, 0.3) is 0 Å². The highest BCUT2D eigenvalue weighted by Crippen LogP contribution is 2.33. The number of aryl methyl sites for hydroxylation is 1. The summed E-state index contributed by atoms with van der Waals surface area (Å²) in [6, 6.07) is 6.00. The molecule has 0 amide bonds. The van der Waals surface area contributed by atoms with Gasteiger partial charge in [0.1, 0.15) is 5.75 Å². The monoisotopic (exact) mass is 371 g/mol. The molecule has 114 valence electrons. The molecule has 1 N–H and O–H groups in total. The normalized spacial score (nSPS) is 12.4. The maximum absolute atomic E-state index is 6.34. The van der Waals surface area contributed by atoms with Crippen molar-refractivity contribution in [3.63, 3.8) is 0 Å². The molecule has 1 aromatic carbocycles. The van der Waals surface area contributed by atoms with E-state index in [9.17, 15) is 0 Å². The number of rotatable bonds is 6. The Bertz CT molecular complexity index is 615. The van der Waals surface area contributed by atoms with Crippen molar-refractivity contribution in [3.05, 3.63) is 45.1 Å².